The van der Waals surface area contributed by atoms with Crippen LogP contribution in [-0.2, 0) is 4.74 Å². The lowest BCUT2D eigenvalue weighted by Gasteiger charge is -2.26. The standard InChI is InChI=1S/C13H20O/c1-5-13(4)10-8-7-9-12(11(13)3)14-6-2/h7-10H,5-6H2,1-4H3. The van der Waals surface area contributed by atoms with Crippen LogP contribution in [0.3, 0.4) is 0 Å². The van der Waals surface area contributed by atoms with Gasteiger partial charge in [-0.25, -0.2) is 0 Å². The second-order valence-electron chi connectivity index (χ2n) is 3.91. The molecule has 0 spiro atoms. The van der Waals surface area contributed by atoms with Crippen LogP contribution in [0.5, 0.6) is 0 Å². The van der Waals surface area contributed by atoms with Crippen LogP contribution in [0, 0.1) is 5.41 Å². The summed E-state index contributed by atoms with van der Waals surface area (Å²) in [5.41, 5.74) is 1.47. The molecule has 1 atom stereocenters. The van der Waals surface area contributed by atoms with E-state index in [-0.39, 0.29) is 5.41 Å². The zero-order chi connectivity index (χ0) is 10.6. The maximum absolute atomic E-state index is 5.63. The summed E-state index contributed by atoms with van der Waals surface area (Å²) in [6.07, 6.45) is 9.57. The molecule has 1 aliphatic carbocycles. The van der Waals surface area contributed by atoms with Gasteiger partial charge in [0.05, 0.1) is 6.61 Å². The fourth-order valence-electron chi connectivity index (χ4n) is 1.64. The van der Waals surface area contributed by atoms with Crippen molar-refractivity contribution in [2.24, 2.45) is 5.41 Å². The van der Waals surface area contributed by atoms with Crippen molar-refractivity contribution in [2.45, 2.75) is 34.1 Å². The van der Waals surface area contributed by atoms with Gasteiger partial charge in [0.15, 0.2) is 0 Å². The summed E-state index contributed by atoms with van der Waals surface area (Å²) in [5.74, 6) is 1.03. The lowest BCUT2D eigenvalue weighted by molar-refractivity contribution is 0.232. The van der Waals surface area contributed by atoms with Gasteiger partial charge in [0, 0.05) is 5.41 Å². The molecule has 0 aromatic rings. The van der Waals surface area contributed by atoms with Crippen molar-refractivity contribution in [2.75, 3.05) is 6.61 Å². The molecule has 0 bridgehead atoms. The molecule has 0 heterocycles. The van der Waals surface area contributed by atoms with Crippen molar-refractivity contribution < 1.29 is 4.74 Å². The van der Waals surface area contributed by atoms with Crippen LogP contribution in [0.25, 0.3) is 0 Å². The Bertz CT molecular complexity index is 284. The molecule has 1 rings (SSSR count). The molecule has 0 radical (unpaired) electrons. The van der Waals surface area contributed by atoms with Gasteiger partial charge in [-0.1, -0.05) is 32.1 Å². The third-order valence-electron chi connectivity index (χ3n) is 3.08. The molecule has 0 aromatic carbocycles. The summed E-state index contributed by atoms with van der Waals surface area (Å²) in [6.45, 7) is 9.38. The Morgan fingerprint density at radius 1 is 1.29 bits per heavy atom. The number of rotatable bonds is 3. The molecule has 1 heteroatoms. The molecule has 0 aliphatic heterocycles. The molecule has 1 nitrogen and oxygen atoms in total. The third-order valence-corrected chi connectivity index (χ3v) is 3.08. The van der Waals surface area contributed by atoms with Crippen molar-refractivity contribution in [1.82, 2.24) is 0 Å². The number of allylic oxidation sites excluding steroid dienone is 5. The maximum Gasteiger partial charge on any atom is 0.119 e. The summed E-state index contributed by atoms with van der Waals surface area (Å²) in [7, 11) is 0. The van der Waals surface area contributed by atoms with Crippen molar-refractivity contribution in [3.05, 3.63) is 35.6 Å². The summed E-state index contributed by atoms with van der Waals surface area (Å²) >= 11 is 0. The molecule has 78 valence electrons. The van der Waals surface area contributed by atoms with E-state index in [1.54, 1.807) is 0 Å². The van der Waals surface area contributed by atoms with Gasteiger partial charge in [0.1, 0.15) is 5.76 Å². The molecule has 0 saturated carbocycles. The van der Waals surface area contributed by atoms with Crippen molar-refractivity contribution >= 4 is 0 Å². The summed E-state index contributed by atoms with van der Waals surface area (Å²) < 4.78 is 5.63. The summed E-state index contributed by atoms with van der Waals surface area (Å²) in [4.78, 5) is 0. The Labute approximate surface area is 87.2 Å². The molecule has 0 saturated heterocycles. The van der Waals surface area contributed by atoms with E-state index in [1.165, 1.54) is 5.57 Å². The van der Waals surface area contributed by atoms with E-state index < -0.39 is 0 Å². The third kappa shape index (κ3) is 2.09. The van der Waals surface area contributed by atoms with E-state index in [1.807, 2.05) is 6.92 Å². The smallest absolute Gasteiger partial charge is 0.119 e. The lowest BCUT2D eigenvalue weighted by atomic mass is 9.80. The highest BCUT2D eigenvalue weighted by molar-refractivity contribution is 5.33. The average molecular weight is 192 g/mol. The van der Waals surface area contributed by atoms with Gasteiger partial charge >= 0.3 is 0 Å². The van der Waals surface area contributed by atoms with Gasteiger partial charge in [0.2, 0.25) is 0 Å². The minimum absolute atomic E-state index is 0.147. The molecular formula is C13H20O. The molecule has 0 amide bonds. The molecule has 14 heavy (non-hydrogen) atoms. The Balaban J connectivity index is 3.06. The first-order valence-electron chi connectivity index (χ1n) is 5.34. The molecule has 0 aromatic heterocycles. The largest absolute Gasteiger partial charge is 0.494 e. The van der Waals surface area contributed by atoms with Gasteiger partial charge in [0.25, 0.3) is 0 Å². The van der Waals surface area contributed by atoms with E-state index in [0.29, 0.717) is 0 Å². The average Bonchev–Trinajstić information content (AvgIpc) is 2.32. The Hall–Kier alpha value is -0.980. The van der Waals surface area contributed by atoms with Crippen LogP contribution < -0.4 is 0 Å². The number of hydrogen-bond acceptors (Lipinski definition) is 1. The molecule has 0 fully saturated rings. The monoisotopic (exact) mass is 192 g/mol. The minimum atomic E-state index is 0.147. The maximum atomic E-state index is 5.63. The van der Waals surface area contributed by atoms with Crippen LogP contribution in [0.4, 0.5) is 0 Å². The number of hydrogen-bond donors (Lipinski definition) is 0. The van der Waals surface area contributed by atoms with Gasteiger partial charge in [-0.2, -0.15) is 0 Å². The highest BCUT2D eigenvalue weighted by Gasteiger charge is 2.24. The van der Waals surface area contributed by atoms with Crippen molar-refractivity contribution in [3.8, 4) is 0 Å². The van der Waals surface area contributed by atoms with E-state index in [2.05, 4.69) is 45.1 Å². The second-order valence-corrected chi connectivity index (χ2v) is 3.91. The van der Waals surface area contributed by atoms with Crippen LogP contribution in [0.15, 0.2) is 35.6 Å². The second kappa shape index (κ2) is 4.50. The van der Waals surface area contributed by atoms with Gasteiger partial charge in [-0.15, -0.1) is 0 Å². The van der Waals surface area contributed by atoms with Gasteiger partial charge in [-0.3, -0.25) is 0 Å². The van der Waals surface area contributed by atoms with Crippen molar-refractivity contribution in [3.63, 3.8) is 0 Å². The molecular weight excluding hydrogens is 172 g/mol. The lowest BCUT2D eigenvalue weighted by Crippen LogP contribution is -2.15. The predicted molar refractivity (Wildman–Crippen MR) is 61.0 cm³/mol. The van der Waals surface area contributed by atoms with Crippen LogP contribution in [-0.4, -0.2) is 6.61 Å². The highest BCUT2D eigenvalue weighted by atomic mass is 16.5. The van der Waals surface area contributed by atoms with Crippen LogP contribution in [0.2, 0.25) is 0 Å². The Morgan fingerprint density at radius 3 is 2.57 bits per heavy atom. The molecule has 0 N–H and O–H groups in total. The first-order chi connectivity index (χ1) is 6.64. The fraction of sp³-hybridized carbons (Fsp3) is 0.538. The van der Waals surface area contributed by atoms with E-state index >= 15 is 0 Å². The Morgan fingerprint density at radius 2 is 2.00 bits per heavy atom. The fourth-order valence-corrected chi connectivity index (χ4v) is 1.64. The first kappa shape index (κ1) is 11.1. The SMILES string of the molecule is CCOC1=C(C)C(C)(CC)C=CC=C1. The topological polar surface area (TPSA) is 9.23 Å². The van der Waals surface area contributed by atoms with Crippen molar-refractivity contribution in [1.29, 1.82) is 0 Å². The molecule has 1 aliphatic rings. The summed E-state index contributed by atoms with van der Waals surface area (Å²) in [5, 5.41) is 0. The first-order valence-corrected chi connectivity index (χ1v) is 5.34. The van der Waals surface area contributed by atoms with E-state index in [4.69, 9.17) is 4.74 Å². The van der Waals surface area contributed by atoms with Crippen LogP contribution in [0.1, 0.15) is 34.1 Å². The minimum Gasteiger partial charge on any atom is -0.494 e. The van der Waals surface area contributed by atoms with Crippen LogP contribution >= 0.6 is 0 Å². The summed E-state index contributed by atoms with van der Waals surface area (Å²) in [6, 6.07) is 0. The highest BCUT2D eigenvalue weighted by Crippen LogP contribution is 2.36. The van der Waals surface area contributed by atoms with Gasteiger partial charge < -0.3 is 4.74 Å². The quantitative estimate of drug-likeness (QED) is 0.660. The zero-order valence-corrected chi connectivity index (χ0v) is 9.63. The zero-order valence-electron chi connectivity index (χ0n) is 9.63. The van der Waals surface area contributed by atoms with E-state index in [9.17, 15) is 0 Å². The Kier molecular flexibility index (Phi) is 3.56. The van der Waals surface area contributed by atoms with E-state index in [0.717, 1.165) is 18.8 Å². The number of ether oxygens (including phenoxy) is 1. The predicted octanol–water partition coefficient (Wildman–Crippen LogP) is 3.84. The molecule has 1 unspecified atom stereocenters. The normalized spacial score (nSPS) is 26.6. The van der Waals surface area contributed by atoms with Gasteiger partial charge in [-0.05, 0) is 31.9 Å².